The Morgan fingerprint density at radius 1 is 1.26 bits per heavy atom. The van der Waals surface area contributed by atoms with Gasteiger partial charge in [-0.05, 0) is 30.5 Å². The number of benzene rings is 1. The summed E-state index contributed by atoms with van der Waals surface area (Å²) in [6, 6.07) is 5.99. The minimum Gasteiger partial charge on any atom is -0.490 e. The third-order valence-corrected chi connectivity index (χ3v) is 2.95. The fourth-order valence-electron chi connectivity index (χ4n) is 2.02. The molecule has 1 amide bonds. The number of rotatable bonds is 5. The Labute approximate surface area is 113 Å². The van der Waals surface area contributed by atoms with E-state index in [4.69, 9.17) is 9.47 Å². The lowest BCUT2D eigenvalue weighted by molar-refractivity contribution is -0.122. The number of carbonyl (C=O) groups excluding carboxylic acids is 1. The first-order valence-corrected chi connectivity index (χ1v) is 6.63. The molecule has 0 atom stereocenters. The number of hydrazine groups is 1. The largest absolute Gasteiger partial charge is 0.490 e. The second-order valence-electron chi connectivity index (χ2n) is 4.48. The van der Waals surface area contributed by atoms with E-state index < -0.39 is 0 Å². The van der Waals surface area contributed by atoms with Crippen LogP contribution in [0.1, 0.15) is 24.8 Å². The summed E-state index contributed by atoms with van der Waals surface area (Å²) in [5.74, 6) is 1.64. The topological polar surface area (TPSA) is 59.6 Å². The molecule has 2 N–H and O–H groups in total. The van der Waals surface area contributed by atoms with E-state index in [1.165, 1.54) is 5.56 Å². The summed E-state index contributed by atoms with van der Waals surface area (Å²) in [5, 5.41) is 0. The molecule has 0 unspecified atom stereocenters. The minimum atomic E-state index is 0.0110. The van der Waals surface area contributed by atoms with Crippen molar-refractivity contribution in [1.82, 2.24) is 10.9 Å². The van der Waals surface area contributed by atoms with Crippen LogP contribution in [-0.4, -0.2) is 26.2 Å². The van der Waals surface area contributed by atoms with Crippen LogP contribution < -0.4 is 20.3 Å². The highest BCUT2D eigenvalue weighted by molar-refractivity contribution is 5.75. The summed E-state index contributed by atoms with van der Waals surface area (Å²) in [5.41, 5.74) is 6.35. The van der Waals surface area contributed by atoms with Crippen molar-refractivity contribution in [3.8, 4) is 11.5 Å². The molecule has 0 radical (unpaired) electrons. The van der Waals surface area contributed by atoms with Crippen molar-refractivity contribution in [3.05, 3.63) is 23.8 Å². The van der Waals surface area contributed by atoms with Gasteiger partial charge in [-0.1, -0.05) is 6.07 Å². The zero-order valence-corrected chi connectivity index (χ0v) is 11.2. The minimum absolute atomic E-state index is 0.0110. The summed E-state index contributed by atoms with van der Waals surface area (Å²) in [4.78, 5) is 11.3. The number of ether oxygens (including phenoxy) is 2. The van der Waals surface area contributed by atoms with E-state index in [0.717, 1.165) is 30.8 Å². The van der Waals surface area contributed by atoms with Crippen LogP contribution in [0.4, 0.5) is 0 Å². The summed E-state index contributed by atoms with van der Waals surface area (Å²) in [6.07, 6.45) is 3.09. The Bertz CT molecular complexity index is 435. The van der Waals surface area contributed by atoms with Gasteiger partial charge in [-0.2, -0.15) is 0 Å². The van der Waals surface area contributed by atoms with E-state index in [2.05, 4.69) is 10.9 Å². The lowest BCUT2D eigenvalue weighted by Gasteiger charge is -2.09. The predicted octanol–water partition coefficient (Wildman–Crippen LogP) is 1.42. The van der Waals surface area contributed by atoms with Gasteiger partial charge in [-0.25, -0.2) is 5.43 Å². The van der Waals surface area contributed by atoms with E-state index in [-0.39, 0.29) is 5.91 Å². The Hall–Kier alpha value is -1.75. The summed E-state index contributed by atoms with van der Waals surface area (Å²) in [6.45, 7) is 1.40. The lowest BCUT2D eigenvalue weighted by atomic mass is 10.1. The van der Waals surface area contributed by atoms with Crippen LogP contribution in [0.25, 0.3) is 0 Å². The number of hydrogen-bond acceptors (Lipinski definition) is 4. The van der Waals surface area contributed by atoms with Crippen LogP contribution in [-0.2, 0) is 11.2 Å². The smallest absolute Gasteiger partial charge is 0.234 e. The Morgan fingerprint density at radius 2 is 2.05 bits per heavy atom. The number of carbonyl (C=O) groups is 1. The molecule has 104 valence electrons. The molecule has 0 aromatic heterocycles. The third kappa shape index (κ3) is 4.13. The van der Waals surface area contributed by atoms with Gasteiger partial charge < -0.3 is 9.47 Å². The monoisotopic (exact) mass is 264 g/mol. The zero-order valence-electron chi connectivity index (χ0n) is 11.2. The summed E-state index contributed by atoms with van der Waals surface area (Å²) < 4.78 is 11.2. The zero-order chi connectivity index (χ0) is 13.5. The van der Waals surface area contributed by atoms with Gasteiger partial charge in [-0.15, -0.1) is 0 Å². The van der Waals surface area contributed by atoms with Crippen molar-refractivity contribution in [3.63, 3.8) is 0 Å². The molecular weight excluding hydrogens is 244 g/mol. The normalized spacial score (nSPS) is 13.7. The quantitative estimate of drug-likeness (QED) is 0.790. The first-order valence-electron chi connectivity index (χ1n) is 6.63. The number of nitrogens with one attached hydrogen (secondary N) is 2. The van der Waals surface area contributed by atoms with Crippen LogP contribution in [0.3, 0.4) is 0 Å². The van der Waals surface area contributed by atoms with Gasteiger partial charge in [0, 0.05) is 19.9 Å². The molecule has 0 fully saturated rings. The van der Waals surface area contributed by atoms with E-state index >= 15 is 0 Å². The van der Waals surface area contributed by atoms with Crippen molar-refractivity contribution in [2.24, 2.45) is 0 Å². The molecule has 0 saturated carbocycles. The highest BCUT2D eigenvalue weighted by Crippen LogP contribution is 2.30. The first kappa shape index (κ1) is 13.7. The van der Waals surface area contributed by atoms with Gasteiger partial charge in [0.2, 0.25) is 5.91 Å². The van der Waals surface area contributed by atoms with Crippen molar-refractivity contribution in [2.45, 2.75) is 25.7 Å². The number of aryl methyl sites for hydroxylation is 1. The Balaban J connectivity index is 1.87. The Morgan fingerprint density at radius 3 is 2.84 bits per heavy atom. The van der Waals surface area contributed by atoms with Crippen LogP contribution in [0, 0.1) is 0 Å². The molecule has 19 heavy (non-hydrogen) atoms. The maximum atomic E-state index is 11.3. The number of amides is 1. The molecule has 0 bridgehead atoms. The molecule has 1 aliphatic rings. The predicted molar refractivity (Wildman–Crippen MR) is 72.2 cm³/mol. The fraction of sp³-hybridized carbons (Fsp3) is 0.500. The summed E-state index contributed by atoms with van der Waals surface area (Å²) >= 11 is 0. The maximum absolute atomic E-state index is 11.3. The standard InChI is InChI=1S/C14H20N2O3/c1-15-16-14(17)5-2-4-11-6-7-12-13(10-11)19-9-3-8-18-12/h6-7,10,15H,2-5,8-9H2,1H3,(H,16,17). The molecule has 5 nitrogen and oxygen atoms in total. The average molecular weight is 264 g/mol. The average Bonchev–Trinajstić information content (AvgIpc) is 2.63. The molecule has 0 aliphatic carbocycles. The van der Waals surface area contributed by atoms with E-state index in [0.29, 0.717) is 19.6 Å². The van der Waals surface area contributed by atoms with Crippen LogP contribution >= 0.6 is 0 Å². The molecule has 0 spiro atoms. The lowest BCUT2D eigenvalue weighted by Crippen LogP contribution is -2.33. The first-order chi connectivity index (χ1) is 9.29. The van der Waals surface area contributed by atoms with Crippen molar-refractivity contribution >= 4 is 5.91 Å². The van der Waals surface area contributed by atoms with Gasteiger partial charge in [0.25, 0.3) is 0 Å². The Kier molecular flexibility index (Phi) is 5.03. The molecule has 1 aromatic carbocycles. The second kappa shape index (κ2) is 6.99. The molecule has 1 aliphatic heterocycles. The van der Waals surface area contributed by atoms with E-state index in [9.17, 15) is 4.79 Å². The highest BCUT2D eigenvalue weighted by Gasteiger charge is 2.10. The molecule has 1 aromatic rings. The third-order valence-electron chi connectivity index (χ3n) is 2.95. The summed E-state index contributed by atoms with van der Waals surface area (Å²) in [7, 11) is 1.68. The van der Waals surface area contributed by atoms with E-state index in [1.54, 1.807) is 7.05 Å². The maximum Gasteiger partial charge on any atom is 0.234 e. The number of fused-ring (bicyclic) bond motifs is 1. The van der Waals surface area contributed by atoms with Crippen molar-refractivity contribution in [1.29, 1.82) is 0 Å². The fourth-order valence-corrected chi connectivity index (χ4v) is 2.02. The van der Waals surface area contributed by atoms with Gasteiger partial charge in [0.15, 0.2) is 11.5 Å². The van der Waals surface area contributed by atoms with Crippen LogP contribution in [0.5, 0.6) is 11.5 Å². The van der Waals surface area contributed by atoms with Crippen molar-refractivity contribution < 1.29 is 14.3 Å². The van der Waals surface area contributed by atoms with Crippen LogP contribution in [0.15, 0.2) is 18.2 Å². The molecular formula is C14H20N2O3. The molecule has 0 saturated heterocycles. The molecule has 2 rings (SSSR count). The van der Waals surface area contributed by atoms with E-state index in [1.807, 2.05) is 18.2 Å². The SMILES string of the molecule is CNNC(=O)CCCc1ccc2c(c1)OCCCO2. The highest BCUT2D eigenvalue weighted by atomic mass is 16.5. The van der Waals surface area contributed by atoms with Gasteiger partial charge in [-0.3, -0.25) is 10.2 Å². The van der Waals surface area contributed by atoms with Gasteiger partial charge >= 0.3 is 0 Å². The van der Waals surface area contributed by atoms with Crippen LogP contribution in [0.2, 0.25) is 0 Å². The number of hydrogen-bond donors (Lipinski definition) is 2. The van der Waals surface area contributed by atoms with Crippen molar-refractivity contribution in [2.75, 3.05) is 20.3 Å². The molecule has 5 heteroatoms. The van der Waals surface area contributed by atoms with Gasteiger partial charge in [0.05, 0.1) is 13.2 Å². The van der Waals surface area contributed by atoms with Gasteiger partial charge in [0.1, 0.15) is 0 Å². The second-order valence-corrected chi connectivity index (χ2v) is 4.48. The molecule has 1 heterocycles.